The first-order valence-electron chi connectivity index (χ1n) is 8.70. The zero-order valence-electron chi connectivity index (χ0n) is 15.5. The van der Waals surface area contributed by atoms with Gasteiger partial charge < -0.3 is 15.7 Å². The minimum atomic E-state index is -0.702. The summed E-state index contributed by atoms with van der Waals surface area (Å²) in [5, 5.41) is 16.4. The first-order chi connectivity index (χ1) is 12.5. The van der Waals surface area contributed by atoms with Crippen molar-refractivity contribution < 1.29 is 13.9 Å². The maximum absolute atomic E-state index is 13.6. The third kappa shape index (κ3) is 7.80. The van der Waals surface area contributed by atoms with E-state index in [0.29, 0.717) is 31.0 Å². The second kappa shape index (κ2) is 11.9. The summed E-state index contributed by atoms with van der Waals surface area (Å²) in [6.45, 7) is 5.17. The van der Waals surface area contributed by atoms with Crippen LogP contribution in [0.2, 0.25) is 0 Å². The molecule has 0 bridgehead atoms. The summed E-state index contributed by atoms with van der Waals surface area (Å²) < 4.78 is 26.8. The van der Waals surface area contributed by atoms with Crippen molar-refractivity contribution >= 4 is 29.9 Å². The Morgan fingerprint density at radius 1 is 1.11 bits per heavy atom. The van der Waals surface area contributed by atoms with Crippen LogP contribution in [0.4, 0.5) is 8.78 Å². The monoisotopic (exact) mass is 489 g/mol. The van der Waals surface area contributed by atoms with Crippen LogP contribution in [0.25, 0.3) is 0 Å². The van der Waals surface area contributed by atoms with E-state index in [9.17, 15) is 13.9 Å². The lowest BCUT2D eigenvalue weighted by Gasteiger charge is -2.14. The van der Waals surface area contributed by atoms with Gasteiger partial charge in [-0.15, -0.1) is 24.0 Å². The summed E-state index contributed by atoms with van der Waals surface area (Å²) in [6, 6.07) is 11.1. The molecule has 2 aromatic carbocycles. The van der Waals surface area contributed by atoms with Gasteiger partial charge in [0.1, 0.15) is 11.6 Å². The van der Waals surface area contributed by atoms with Crippen LogP contribution in [0, 0.1) is 18.6 Å². The first kappa shape index (κ1) is 23.3. The average molecular weight is 489 g/mol. The number of aliphatic hydroxyl groups is 1. The minimum absolute atomic E-state index is 0. The van der Waals surface area contributed by atoms with Gasteiger partial charge in [0.05, 0.1) is 12.6 Å². The summed E-state index contributed by atoms with van der Waals surface area (Å²) in [6.07, 6.45) is -0.374. The van der Waals surface area contributed by atoms with Crippen molar-refractivity contribution in [2.75, 3.05) is 19.6 Å². The predicted molar refractivity (Wildman–Crippen MR) is 116 cm³/mol. The SMILES string of the molecule is CCNC(=NCC(O)c1ccc(C)cc1)NCCc1cc(F)ccc1F.I. The highest BCUT2D eigenvalue weighted by atomic mass is 127. The molecule has 0 aliphatic rings. The van der Waals surface area contributed by atoms with E-state index in [-0.39, 0.29) is 30.5 Å². The lowest BCUT2D eigenvalue weighted by molar-refractivity contribution is 0.187. The number of aliphatic imine (C=N–C) groups is 1. The van der Waals surface area contributed by atoms with E-state index in [1.165, 1.54) is 6.07 Å². The molecule has 0 radical (unpaired) electrons. The Morgan fingerprint density at radius 3 is 2.48 bits per heavy atom. The van der Waals surface area contributed by atoms with Gasteiger partial charge in [-0.25, -0.2) is 8.78 Å². The van der Waals surface area contributed by atoms with Crippen LogP contribution < -0.4 is 10.6 Å². The summed E-state index contributed by atoms with van der Waals surface area (Å²) in [5.74, 6) is -0.358. The molecule has 3 N–H and O–H groups in total. The first-order valence-corrected chi connectivity index (χ1v) is 8.70. The molecule has 2 aromatic rings. The van der Waals surface area contributed by atoms with E-state index in [2.05, 4.69) is 15.6 Å². The average Bonchev–Trinajstić information content (AvgIpc) is 2.63. The number of nitrogens with one attached hydrogen (secondary N) is 2. The van der Waals surface area contributed by atoms with Crippen molar-refractivity contribution in [3.05, 3.63) is 70.8 Å². The zero-order valence-corrected chi connectivity index (χ0v) is 17.8. The fraction of sp³-hybridized carbons (Fsp3) is 0.350. The summed E-state index contributed by atoms with van der Waals surface area (Å²) in [4.78, 5) is 4.36. The van der Waals surface area contributed by atoms with E-state index in [1.54, 1.807) is 0 Å². The van der Waals surface area contributed by atoms with E-state index >= 15 is 0 Å². The number of halogens is 3. The molecule has 0 saturated carbocycles. The second-order valence-electron chi connectivity index (χ2n) is 6.06. The molecule has 0 fully saturated rings. The molecular weight excluding hydrogens is 463 g/mol. The van der Waals surface area contributed by atoms with Gasteiger partial charge in [-0.2, -0.15) is 0 Å². The van der Waals surface area contributed by atoms with Crippen LogP contribution >= 0.6 is 24.0 Å². The van der Waals surface area contributed by atoms with Crippen molar-refractivity contribution in [1.82, 2.24) is 10.6 Å². The molecule has 0 spiro atoms. The quantitative estimate of drug-likeness (QED) is 0.316. The van der Waals surface area contributed by atoms with Crippen molar-refractivity contribution in [3.8, 4) is 0 Å². The van der Waals surface area contributed by atoms with Crippen LogP contribution in [-0.4, -0.2) is 30.7 Å². The van der Waals surface area contributed by atoms with Crippen LogP contribution in [0.1, 0.15) is 29.7 Å². The molecule has 0 amide bonds. The highest BCUT2D eigenvalue weighted by Gasteiger charge is 2.08. The number of aryl methyl sites for hydroxylation is 1. The molecule has 0 saturated heterocycles. The van der Waals surface area contributed by atoms with Gasteiger partial charge in [0.2, 0.25) is 0 Å². The molecule has 4 nitrogen and oxygen atoms in total. The maximum atomic E-state index is 13.6. The molecule has 7 heteroatoms. The largest absolute Gasteiger partial charge is 0.386 e. The standard InChI is InChI=1S/C20H25F2N3O.HI/c1-3-23-20(24-11-10-16-12-17(21)8-9-18(16)22)25-13-19(26)15-6-4-14(2)5-7-15;/h4-9,12,19,26H,3,10-11,13H2,1-2H3,(H2,23,24,25);1H. The molecule has 27 heavy (non-hydrogen) atoms. The maximum Gasteiger partial charge on any atom is 0.191 e. The lowest BCUT2D eigenvalue weighted by Crippen LogP contribution is -2.38. The number of aliphatic hydroxyl groups excluding tert-OH is 1. The smallest absolute Gasteiger partial charge is 0.191 e. The third-order valence-electron chi connectivity index (χ3n) is 3.92. The van der Waals surface area contributed by atoms with Gasteiger partial charge in [-0.05, 0) is 49.6 Å². The van der Waals surface area contributed by atoms with Gasteiger partial charge >= 0.3 is 0 Å². The lowest BCUT2D eigenvalue weighted by atomic mass is 10.1. The van der Waals surface area contributed by atoms with Crippen molar-refractivity contribution in [2.45, 2.75) is 26.4 Å². The summed E-state index contributed by atoms with van der Waals surface area (Å²) in [5.41, 5.74) is 2.24. The van der Waals surface area contributed by atoms with Gasteiger partial charge in [0.25, 0.3) is 0 Å². The fourth-order valence-electron chi connectivity index (χ4n) is 2.46. The van der Waals surface area contributed by atoms with Crippen molar-refractivity contribution in [2.24, 2.45) is 4.99 Å². The van der Waals surface area contributed by atoms with Crippen LogP contribution in [0.5, 0.6) is 0 Å². The van der Waals surface area contributed by atoms with Crippen LogP contribution in [0.15, 0.2) is 47.5 Å². The Labute approximate surface area is 176 Å². The molecular formula is C20H26F2IN3O. The van der Waals surface area contributed by atoms with Gasteiger partial charge in [0.15, 0.2) is 5.96 Å². The van der Waals surface area contributed by atoms with E-state index in [1.807, 2.05) is 38.1 Å². The Hall–Kier alpha value is -1.74. The number of nitrogens with zero attached hydrogens (tertiary/aromatic N) is 1. The minimum Gasteiger partial charge on any atom is -0.386 e. The Balaban J connectivity index is 0.00000364. The molecule has 0 aliphatic heterocycles. The molecule has 0 aromatic heterocycles. The molecule has 0 heterocycles. The molecule has 2 rings (SSSR count). The number of rotatable bonds is 7. The Bertz CT molecular complexity index is 739. The van der Waals surface area contributed by atoms with Crippen molar-refractivity contribution in [3.63, 3.8) is 0 Å². The third-order valence-corrected chi connectivity index (χ3v) is 3.92. The number of benzene rings is 2. The predicted octanol–water partition coefficient (Wildman–Crippen LogP) is 3.72. The Kier molecular flexibility index (Phi) is 10.2. The van der Waals surface area contributed by atoms with Gasteiger partial charge in [0, 0.05) is 13.1 Å². The van der Waals surface area contributed by atoms with Gasteiger partial charge in [-0.3, -0.25) is 4.99 Å². The molecule has 0 aliphatic carbocycles. The second-order valence-corrected chi connectivity index (χ2v) is 6.06. The normalized spacial score (nSPS) is 12.3. The molecule has 1 unspecified atom stereocenters. The number of hydrogen-bond donors (Lipinski definition) is 3. The van der Waals surface area contributed by atoms with Crippen LogP contribution in [-0.2, 0) is 6.42 Å². The van der Waals surface area contributed by atoms with Gasteiger partial charge in [-0.1, -0.05) is 29.8 Å². The highest BCUT2D eigenvalue weighted by molar-refractivity contribution is 14.0. The highest BCUT2D eigenvalue weighted by Crippen LogP contribution is 2.14. The topological polar surface area (TPSA) is 56.7 Å². The number of guanidine groups is 1. The number of hydrogen-bond acceptors (Lipinski definition) is 2. The van der Waals surface area contributed by atoms with Crippen molar-refractivity contribution in [1.29, 1.82) is 0 Å². The summed E-state index contributed by atoms with van der Waals surface area (Å²) in [7, 11) is 0. The molecule has 148 valence electrons. The molecule has 1 atom stereocenters. The van der Waals surface area contributed by atoms with Crippen LogP contribution in [0.3, 0.4) is 0 Å². The van der Waals surface area contributed by atoms with E-state index in [4.69, 9.17) is 0 Å². The zero-order chi connectivity index (χ0) is 18.9. The van der Waals surface area contributed by atoms with E-state index < -0.39 is 17.7 Å². The van der Waals surface area contributed by atoms with E-state index in [0.717, 1.165) is 23.3 Å². The Morgan fingerprint density at radius 2 is 1.81 bits per heavy atom. The summed E-state index contributed by atoms with van der Waals surface area (Å²) >= 11 is 0. The fourth-order valence-corrected chi connectivity index (χ4v) is 2.46.